The van der Waals surface area contributed by atoms with Crippen LogP contribution in [-0.4, -0.2) is 6.18 Å². The van der Waals surface area contributed by atoms with Crippen LogP contribution in [0.25, 0.3) is 0 Å². The number of hydrogen-bond acceptors (Lipinski definition) is 0. The zero-order valence-corrected chi connectivity index (χ0v) is 8.03. The van der Waals surface area contributed by atoms with E-state index in [2.05, 4.69) is 6.92 Å². The molecule has 13 heavy (non-hydrogen) atoms. The first-order valence-electron chi connectivity index (χ1n) is 4.78. The molecule has 3 heteroatoms. The SMILES string of the molecule is CCCCCCC=CCC(F)(F)F. The first kappa shape index (κ1) is 12.5. The van der Waals surface area contributed by atoms with Gasteiger partial charge in [0.05, 0.1) is 6.42 Å². The van der Waals surface area contributed by atoms with Gasteiger partial charge >= 0.3 is 6.18 Å². The Morgan fingerprint density at radius 2 is 1.69 bits per heavy atom. The zero-order chi connectivity index (χ0) is 10.2. The quantitative estimate of drug-likeness (QED) is 0.432. The molecule has 0 aliphatic heterocycles. The summed E-state index contributed by atoms with van der Waals surface area (Å²) < 4.78 is 34.9. The minimum Gasteiger partial charge on any atom is -0.171 e. The van der Waals surface area contributed by atoms with E-state index in [1.54, 1.807) is 6.08 Å². The van der Waals surface area contributed by atoms with Gasteiger partial charge in [-0.05, 0) is 12.8 Å². The van der Waals surface area contributed by atoms with E-state index >= 15 is 0 Å². The molecular formula is C10H17F3. The molecule has 0 bridgehead atoms. The highest BCUT2D eigenvalue weighted by Gasteiger charge is 2.24. The van der Waals surface area contributed by atoms with Gasteiger partial charge in [0.15, 0.2) is 0 Å². The second-order valence-electron chi connectivity index (χ2n) is 3.14. The van der Waals surface area contributed by atoms with Crippen molar-refractivity contribution in [3.8, 4) is 0 Å². The van der Waals surface area contributed by atoms with E-state index < -0.39 is 12.6 Å². The van der Waals surface area contributed by atoms with Crippen LogP contribution >= 0.6 is 0 Å². The fraction of sp³-hybridized carbons (Fsp3) is 0.800. The molecule has 0 saturated carbocycles. The maximum Gasteiger partial charge on any atom is 0.392 e. The Bertz CT molecular complexity index is 136. The lowest BCUT2D eigenvalue weighted by Crippen LogP contribution is -2.03. The van der Waals surface area contributed by atoms with Gasteiger partial charge in [0.25, 0.3) is 0 Å². The van der Waals surface area contributed by atoms with Gasteiger partial charge in [-0.25, -0.2) is 0 Å². The van der Waals surface area contributed by atoms with E-state index in [9.17, 15) is 13.2 Å². The molecule has 0 saturated heterocycles. The molecule has 0 aliphatic carbocycles. The van der Waals surface area contributed by atoms with Gasteiger partial charge in [0.2, 0.25) is 0 Å². The molecule has 0 fully saturated rings. The van der Waals surface area contributed by atoms with Crippen LogP contribution in [-0.2, 0) is 0 Å². The highest BCUT2D eigenvalue weighted by atomic mass is 19.4. The van der Waals surface area contributed by atoms with Crippen LogP contribution in [0.2, 0.25) is 0 Å². The zero-order valence-electron chi connectivity index (χ0n) is 8.03. The van der Waals surface area contributed by atoms with E-state index in [0.29, 0.717) is 0 Å². The third-order valence-electron chi connectivity index (χ3n) is 1.74. The van der Waals surface area contributed by atoms with Gasteiger partial charge < -0.3 is 0 Å². The Morgan fingerprint density at radius 1 is 1.00 bits per heavy atom. The molecule has 78 valence electrons. The molecular weight excluding hydrogens is 177 g/mol. The van der Waals surface area contributed by atoms with Crippen molar-refractivity contribution in [2.24, 2.45) is 0 Å². The van der Waals surface area contributed by atoms with Crippen LogP contribution in [0.4, 0.5) is 13.2 Å². The minimum atomic E-state index is -4.04. The fourth-order valence-corrected chi connectivity index (χ4v) is 1.02. The van der Waals surface area contributed by atoms with Crippen molar-refractivity contribution in [3.05, 3.63) is 12.2 Å². The van der Waals surface area contributed by atoms with Crippen molar-refractivity contribution in [3.63, 3.8) is 0 Å². The van der Waals surface area contributed by atoms with E-state index in [-0.39, 0.29) is 0 Å². The normalized spacial score (nSPS) is 12.6. The van der Waals surface area contributed by atoms with Crippen LogP contribution in [0.15, 0.2) is 12.2 Å². The molecule has 0 radical (unpaired) electrons. The summed E-state index contributed by atoms with van der Waals surface area (Å²) in [7, 11) is 0. The summed E-state index contributed by atoms with van der Waals surface area (Å²) in [5.74, 6) is 0. The first-order valence-corrected chi connectivity index (χ1v) is 4.78. The molecule has 0 spiro atoms. The van der Waals surface area contributed by atoms with Gasteiger partial charge in [-0.2, -0.15) is 13.2 Å². The molecule has 0 N–H and O–H groups in total. The van der Waals surface area contributed by atoms with E-state index in [1.807, 2.05) is 0 Å². The molecule has 0 nitrogen and oxygen atoms in total. The maximum atomic E-state index is 11.6. The van der Waals surface area contributed by atoms with E-state index in [0.717, 1.165) is 25.7 Å². The lowest BCUT2D eigenvalue weighted by Gasteiger charge is -2.00. The number of alkyl halides is 3. The third-order valence-corrected chi connectivity index (χ3v) is 1.74. The summed E-state index contributed by atoms with van der Waals surface area (Å²) in [5, 5.41) is 0. The van der Waals surface area contributed by atoms with Crippen molar-refractivity contribution in [2.75, 3.05) is 0 Å². The highest BCUT2D eigenvalue weighted by molar-refractivity contribution is 4.83. The standard InChI is InChI=1S/C10H17F3/c1-2-3-4-5-6-7-8-9-10(11,12)13/h7-8H,2-6,9H2,1H3. The third kappa shape index (κ3) is 11.5. The lowest BCUT2D eigenvalue weighted by molar-refractivity contribution is -0.125. The number of halogens is 3. The number of hydrogen-bond donors (Lipinski definition) is 0. The molecule has 0 aromatic carbocycles. The monoisotopic (exact) mass is 194 g/mol. The second-order valence-corrected chi connectivity index (χ2v) is 3.14. The lowest BCUT2D eigenvalue weighted by atomic mass is 10.1. The van der Waals surface area contributed by atoms with Gasteiger partial charge in [0.1, 0.15) is 0 Å². The Morgan fingerprint density at radius 3 is 2.23 bits per heavy atom. The van der Waals surface area contributed by atoms with Crippen molar-refractivity contribution >= 4 is 0 Å². The molecule has 0 aromatic heterocycles. The fourth-order valence-electron chi connectivity index (χ4n) is 1.02. The summed E-state index contributed by atoms with van der Waals surface area (Å²) >= 11 is 0. The summed E-state index contributed by atoms with van der Waals surface area (Å²) in [5.41, 5.74) is 0. The van der Waals surface area contributed by atoms with E-state index in [4.69, 9.17) is 0 Å². The van der Waals surface area contributed by atoms with Gasteiger partial charge in [-0.3, -0.25) is 0 Å². The Kier molecular flexibility index (Phi) is 6.73. The summed E-state index contributed by atoms with van der Waals surface area (Å²) in [4.78, 5) is 0. The molecule has 0 atom stereocenters. The van der Waals surface area contributed by atoms with Crippen LogP contribution in [0, 0.1) is 0 Å². The van der Waals surface area contributed by atoms with Crippen LogP contribution in [0.3, 0.4) is 0 Å². The molecule has 0 aliphatic rings. The predicted octanol–water partition coefficient (Wildman–Crippen LogP) is 4.47. The highest BCUT2D eigenvalue weighted by Crippen LogP contribution is 2.19. The summed E-state index contributed by atoms with van der Waals surface area (Å²) in [6.07, 6.45) is 3.24. The number of allylic oxidation sites excluding steroid dienone is 2. The molecule has 0 amide bonds. The molecule has 0 heterocycles. The number of unbranched alkanes of at least 4 members (excludes halogenated alkanes) is 4. The molecule has 0 rings (SSSR count). The number of rotatable bonds is 6. The smallest absolute Gasteiger partial charge is 0.171 e. The average Bonchev–Trinajstić information content (AvgIpc) is 2.01. The molecule has 0 unspecified atom stereocenters. The van der Waals surface area contributed by atoms with Crippen LogP contribution in [0.5, 0.6) is 0 Å². The van der Waals surface area contributed by atoms with Crippen molar-refractivity contribution < 1.29 is 13.2 Å². The Balaban J connectivity index is 3.22. The topological polar surface area (TPSA) is 0 Å². The van der Waals surface area contributed by atoms with Gasteiger partial charge in [0, 0.05) is 0 Å². The van der Waals surface area contributed by atoms with Crippen LogP contribution in [0.1, 0.15) is 45.4 Å². The van der Waals surface area contributed by atoms with Crippen molar-refractivity contribution in [1.29, 1.82) is 0 Å². The van der Waals surface area contributed by atoms with Crippen molar-refractivity contribution in [2.45, 2.75) is 51.6 Å². The Labute approximate surface area is 77.8 Å². The second kappa shape index (κ2) is 6.98. The Hall–Kier alpha value is -0.470. The van der Waals surface area contributed by atoms with Crippen LogP contribution < -0.4 is 0 Å². The summed E-state index contributed by atoms with van der Waals surface area (Å²) in [6.45, 7) is 2.11. The first-order chi connectivity index (χ1) is 6.06. The van der Waals surface area contributed by atoms with Gasteiger partial charge in [-0.1, -0.05) is 38.3 Å². The van der Waals surface area contributed by atoms with Crippen molar-refractivity contribution in [1.82, 2.24) is 0 Å². The average molecular weight is 194 g/mol. The van der Waals surface area contributed by atoms with Gasteiger partial charge in [-0.15, -0.1) is 0 Å². The van der Waals surface area contributed by atoms with E-state index in [1.165, 1.54) is 12.5 Å². The molecule has 0 aromatic rings. The summed E-state index contributed by atoms with van der Waals surface area (Å²) in [6, 6.07) is 0. The maximum absolute atomic E-state index is 11.6. The predicted molar refractivity (Wildman–Crippen MR) is 48.6 cm³/mol. The largest absolute Gasteiger partial charge is 0.392 e. The minimum absolute atomic E-state index is 0.774.